The smallest absolute Gasteiger partial charge is 0.244 e. The van der Waals surface area contributed by atoms with E-state index < -0.39 is 34.1 Å². The number of anilines is 1. The molecule has 2 aromatic carbocycles. The van der Waals surface area contributed by atoms with Crippen LogP contribution in [0.4, 0.5) is 5.69 Å². The Morgan fingerprint density at radius 3 is 1.97 bits per heavy atom. The van der Waals surface area contributed by atoms with Crippen LogP contribution in [0.5, 0.6) is 0 Å². The summed E-state index contributed by atoms with van der Waals surface area (Å²) in [5.41, 5.74) is 2.76. The minimum absolute atomic E-state index is 0.0928. The van der Waals surface area contributed by atoms with Gasteiger partial charge in [0.05, 0.1) is 11.9 Å². The van der Waals surface area contributed by atoms with Crippen molar-refractivity contribution < 1.29 is 18.0 Å². The quantitative estimate of drug-likeness (QED) is 0.565. The molecule has 36 heavy (non-hydrogen) atoms. The number of sulfonamides is 1. The number of carbonyl (C=O) groups excluding carboxylic acids is 2. The highest BCUT2D eigenvalue weighted by molar-refractivity contribution is 7.92. The van der Waals surface area contributed by atoms with Crippen LogP contribution in [0.2, 0.25) is 0 Å². The third kappa shape index (κ3) is 8.08. The molecule has 1 atom stereocenters. The summed E-state index contributed by atoms with van der Waals surface area (Å²) in [6, 6.07) is 14.0. The van der Waals surface area contributed by atoms with E-state index in [1.165, 1.54) is 4.90 Å². The van der Waals surface area contributed by atoms with Crippen molar-refractivity contribution in [3.8, 4) is 0 Å². The Kier molecular flexibility index (Phi) is 9.00. The van der Waals surface area contributed by atoms with Crippen molar-refractivity contribution in [3.63, 3.8) is 0 Å². The second-order valence-corrected chi connectivity index (χ2v) is 13.3. The van der Waals surface area contributed by atoms with Crippen molar-refractivity contribution in [1.29, 1.82) is 0 Å². The molecule has 0 bridgehead atoms. The molecule has 0 radical (unpaired) electrons. The van der Waals surface area contributed by atoms with E-state index in [-0.39, 0.29) is 17.9 Å². The van der Waals surface area contributed by atoms with Gasteiger partial charge in [0, 0.05) is 12.1 Å². The van der Waals surface area contributed by atoms with Gasteiger partial charge in [-0.15, -0.1) is 0 Å². The van der Waals surface area contributed by atoms with Gasteiger partial charge < -0.3 is 10.2 Å². The fraction of sp³-hybridized carbons (Fsp3) is 0.500. The molecule has 0 spiro atoms. The maximum absolute atomic E-state index is 13.7. The van der Waals surface area contributed by atoms with Gasteiger partial charge >= 0.3 is 0 Å². The zero-order chi connectivity index (χ0) is 27.5. The van der Waals surface area contributed by atoms with Crippen LogP contribution in [-0.2, 0) is 31.6 Å². The Morgan fingerprint density at radius 1 is 0.944 bits per heavy atom. The van der Waals surface area contributed by atoms with Crippen molar-refractivity contribution in [1.82, 2.24) is 10.2 Å². The monoisotopic (exact) mass is 515 g/mol. The molecule has 0 heterocycles. The van der Waals surface area contributed by atoms with Gasteiger partial charge in [-0.25, -0.2) is 8.42 Å². The lowest BCUT2D eigenvalue weighted by molar-refractivity contribution is -0.140. The normalized spacial score (nSPS) is 13.1. The number of hydrogen-bond donors (Lipinski definition) is 1. The molecule has 0 fully saturated rings. The second-order valence-electron chi connectivity index (χ2n) is 11.4. The van der Waals surface area contributed by atoms with Gasteiger partial charge in [0.25, 0.3) is 0 Å². The van der Waals surface area contributed by atoms with Crippen LogP contribution in [0, 0.1) is 6.92 Å². The molecule has 0 saturated heterocycles. The van der Waals surface area contributed by atoms with Gasteiger partial charge in [-0.05, 0) is 68.9 Å². The van der Waals surface area contributed by atoms with Crippen molar-refractivity contribution >= 4 is 27.5 Å². The van der Waals surface area contributed by atoms with E-state index >= 15 is 0 Å². The van der Waals surface area contributed by atoms with Crippen molar-refractivity contribution in [2.75, 3.05) is 17.1 Å². The number of aryl methyl sites for hydroxylation is 1. The third-order valence-electron chi connectivity index (χ3n) is 5.97. The lowest BCUT2D eigenvalue weighted by atomic mass is 9.87. The van der Waals surface area contributed by atoms with Crippen LogP contribution in [0.1, 0.15) is 65.2 Å². The molecular weight excluding hydrogens is 474 g/mol. The maximum atomic E-state index is 13.7. The summed E-state index contributed by atoms with van der Waals surface area (Å²) in [6.45, 7) is 15.2. The van der Waals surface area contributed by atoms with Crippen molar-refractivity contribution in [2.45, 2.75) is 78.9 Å². The Hall–Kier alpha value is -2.87. The fourth-order valence-electron chi connectivity index (χ4n) is 3.77. The number of hydrogen-bond acceptors (Lipinski definition) is 4. The minimum atomic E-state index is -3.77. The molecule has 7 nitrogen and oxygen atoms in total. The number of rotatable bonds is 8. The van der Waals surface area contributed by atoms with Crippen molar-refractivity contribution in [2.24, 2.45) is 0 Å². The summed E-state index contributed by atoms with van der Waals surface area (Å²) < 4.78 is 26.6. The summed E-state index contributed by atoms with van der Waals surface area (Å²) in [7, 11) is -3.77. The van der Waals surface area contributed by atoms with Crippen LogP contribution in [0.3, 0.4) is 0 Å². The lowest BCUT2D eigenvalue weighted by Gasteiger charge is -2.33. The molecule has 1 N–H and O–H groups in total. The molecule has 1 unspecified atom stereocenters. The van der Waals surface area contributed by atoms with E-state index in [4.69, 9.17) is 0 Å². The maximum Gasteiger partial charge on any atom is 0.244 e. The van der Waals surface area contributed by atoms with Gasteiger partial charge in [-0.3, -0.25) is 13.9 Å². The molecule has 0 aliphatic carbocycles. The van der Waals surface area contributed by atoms with Crippen LogP contribution in [0.25, 0.3) is 0 Å². The molecule has 8 heteroatoms. The van der Waals surface area contributed by atoms with E-state index in [1.54, 1.807) is 19.1 Å². The van der Waals surface area contributed by atoms with Gasteiger partial charge in [-0.2, -0.15) is 0 Å². The molecular formula is C28H41N3O4S. The SMILES string of the molecule is Cc1ccccc1CN(C(=O)CN(c1ccc(C(C)(C)C)cc1)S(C)(=O)=O)C(C)C(=O)NC(C)(C)C. The summed E-state index contributed by atoms with van der Waals surface area (Å²) in [4.78, 5) is 28.1. The van der Waals surface area contributed by atoms with Crippen molar-refractivity contribution in [3.05, 3.63) is 65.2 Å². The average molecular weight is 516 g/mol. The zero-order valence-electron chi connectivity index (χ0n) is 23.0. The molecule has 2 rings (SSSR count). The number of amides is 2. The van der Waals surface area contributed by atoms with E-state index in [0.717, 1.165) is 27.3 Å². The van der Waals surface area contributed by atoms with Gasteiger partial charge in [0.1, 0.15) is 12.6 Å². The fourth-order valence-corrected chi connectivity index (χ4v) is 4.62. The highest BCUT2D eigenvalue weighted by Crippen LogP contribution is 2.26. The van der Waals surface area contributed by atoms with Crippen LogP contribution in [0.15, 0.2) is 48.5 Å². The molecule has 0 aliphatic rings. The number of benzene rings is 2. The van der Waals surface area contributed by atoms with Gasteiger partial charge in [0.15, 0.2) is 0 Å². The first-order valence-corrected chi connectivity index (χ1v) is 14.0. The molecule has 2 aromatic rings. The highest BCUT2D eigenvalue weighted by Gasteiger charge is 2.31. The first-order valence-electron chi connectivity index (χ1n) is 12.1. The van der Waals surface area contributed by atoms with E-state index in [0.29, 0.717) is 5.69 Å². The number of nitrogens with one attached hydrogen (secondary N) is 1. The lowest BCUT2D eigenvalue weighted by Crippen LogP contribution is -2.54. The first kappa shape index (κ1) is 29.4. The molecule has 0 aliphatic heterocycles. The standard InChI is InChI=1S/C28H41N3O4S/c1-20-12-10-11-13-22(20)18-30(21(2)26(33)29-28(6,7)8)25(32)19-31(36(9,34)35)24-16-14-23(15-17-24)27(3,4)5/h10-17,21H,18-19H2,1-9H3,(H,29,33). The van der Waals surface area contributed by atoms with Crippen LogP contribution in [-0.4, -0.2) is 49.5 Å². The second kappa shape index (κ2) is 11.0. The largest absolute Gasteiger partial charge is 0.350 e. The predicted octanol–water partition coefficient (Wildman–Crippen LogP) is 4.39. The first-order chi connectivity index (χ1) is 16.4. The van der Waals surface area contributed by atoms with Crippen LogP contribution >= 0.6 is 0 Å². The summed E-state index contributed by atoms with van der Waals surface area (Å²) in [5, 5.41) is 2.93. The summed E-state index contributed by atoms with van der Waals surface area (Å²) in [5.74, 6) is -0.759. The molecule has 0 saturated carbocycles. The third-order valence-corrected chi connectivity index (χ3v) is 7.11. The van der Waals surface area contributed by atoms with Gasteiger partial charge in [0.2, 0.25) is 21.8 Å². The van der Waals surface area contributed by atoms with E-state index in [1.807, 2.05) is 64.1 Å². The number of nitrogens with zero attached hydrogens (tertiary/aromatic N) is 2. The zero-order valence-corrected chi connectivity index (χ0v) is 23.9. The Balaban J connectivity index is 2.43. The topological polar surface area (TPSA) is 86.8 Å². The summed E-state index contributed by atoms with van der Waals surface area (Å²) >= 11 is 0. The molecule has 0 aromatic heterocycles. The van der Waals surface area contributed by atoms with E-state index in [2.05, 4.69) is 26.1 Å². The Labute approximate surface area is 216 Å². The minimum Gasteiger partial charge on any atom is -0.350 e. The number of carbonyl (C=O) groups is 2. The predicted molar refractivity (Wildman–Crippen MR) is 146 cm³/mol. The Morgan fingerprint density at radius 2 is 1.50 bits per heavy atom. The summed E-state index contributed by atoms with van der Waals surface area (Å²) in [6.07, 6.45) is 1.08. The van der Waals surface area contributed by atoms with Crippen LogP contribution < -0.4 is 9.62 Å². The Bertz CT molecular complexity index is 1180. The molecule has 2 amide bonds. The molecule has 198 valence electrons. The average Bonchev–Trinajstić information content (AvgIpc) is 2.74. The highest BCUT2D eigenvalue weighted by atomic mass is 32.2. The van der Waals surface area contributed by atoms with Gasteiger partial charge in [-0.1, -0.05) is 57.2 Å². The van der Waals surface area contributed by atoms with E-state index in [9.17, 15) is 18.0 Å².